The van der Waals surface area contributed by atoms with E-state index >= 15 is 0 Å². The highest BCUT2D eigenvalue weighted by molar-refractivity contribution is 9.10. The van der Waals surface area contributed by atoms with Gasteiger partial charge in [0, 0.05) is 21.7 Å². The van der Waals surface area contributed by atoms with Crippen LogP contribution in [0.2, 0.25) is 5.02 Å². The SMILES string of the molecule is O=S(=O)(NCC(Nc1ccccc1Br)c1ccccc1)c1ccc(Cl)cc1. The predicted molar refractivity (Wildman–Crippen MR) is 114 cm³/mol. The Balaban J connectivity index is 1.81. The van der Waals surface area contributed by atoms with Crippen LogP contribution in [0.4, 0.5) is 5.69 Å². The van der Waals surface area contributed by atoms with Gasteiger partial charge in [0.05, 0.1) is 10.9 Å². The van der Waals surface area contributed by atoms with E-state index in [0.717, 1.165) is 15.7 Å². The lowest BCUT2D eigenvalue weighted by molar-refractivity contribution is 0.576. The van der Waals surface area contributed by atoms with Gasteiger partial charge in [0.2, 0.25) is 10.0 Å². The fraction of sp³-hybridized carbons (Fsp3) is 0.100. The van der Waals surface area contributed by atoms with E-state index in [1.165, 1.54) is 12.1 Å². The summed E-state index contributed by atoms with van der Waals surface area (Å²) in [5.74, 6) is 0. The second-order valence-electron chi connectivity index (χ2n) is 5.89. The van der Waals surface area contributed by atoms with Gasteiger partial charge in [0.1, 0.15) is 0 Å². The summed E-state index contributed by atoms with van der Waals surface area (Å²) in [4.78, 5) is 0.180. The number of rotatable bonds is 7. The van der Waals surface area contributed by atoms with Gasteiger partial charge in [-0.05, 0) is 57.9 Å². The monoisotopic (exact) mass is 464 g/mol. The number of benzene rings is 3. The molecule has 0 radical (unpaired) electrons. The molecule has 7 heteroatoms. The largest absolute Gasteiger partial charge is 0.376 e. The summed E-state index contributed by atoms with van der Waals surface area (Å²) in [6.07, 6.45) is 0. The lowest BCUT2D eigenvalue weighted by Gasteiger charge is -2.22. The molecule has 0 aromatic heterocycles. The molecule has 27 heavy (non-hydrogen) atoms. The second-order valence-corrected chi connectivity index (χ2v) is 8.95. The minimum Gasteiger partial charge on any atom is -0.376 e. The highest BCUT2D eigenvalue weighted by Gasteiger charge is 2.18. The zero-order valence-corrected chi connectivity index (χ0v) is 17.4. The summed E-state index contributed by atoms with van der Waals surface area (Å²) in [5, 5.41) is 3.89. The first-order valence-electron chi connectivity index (χ1n) is 8.27. The maximum absolute atomic E-state index is 12.6. The zero-order chi connectivity index (χ0) is 19.3. The van der Waals surface area contributed by atoms with Gasteiger partial charge in [-0.15, -0.1) is 0 Å². The van der Waals surface area contributed by atoms with E-state index in [-0.39, 0.29) is 17.5 Å². The van der Waals surface area contributed by atoms with Gasteiger partial charge in [-0.25, -0.2) is 13.1 Å². The molecule has 0 heterocycles. The smallest absolute Gasteiger partial charge is 0.240 e. The Hall–Kier alpha value is -1.86. The molecule has 1 atom stereocenters. The molecule has 0 spiro atoms. The van der Waals surface area contributed by atoms with Crippen LogP contribution in [0.5, 0.6) is 0 Å². The standard InChI is InChI=1S/C20H18BrClN2O2S/c21-18-8-4-5-9-19(18)24-20(15-6-2-1-3-7-15)14-23-27(25,26)17-12-10-16(22)11-13-17/h1-13,20,23-24H,14H2. The van der Waals surface area contributed by atoms with Crippen molar-refractivity contribution in [3.63, 3.8) is 0 Å². The van der Waals surface area contributed by atoms with Crippen molar-refractivity contribution in [3.8, 4) is 0 Å². The lowest BCUT2D eigenvalue weighted by atomic mass is 10.1. The van der Waals surface area contributed by atoms with Gasteiger partial charge in [0.25, 0.3) is 0 Å². The maximum Gasteiger partial charge on any atom is 0.240 e. The summed E-state index contributed by atoms with van der Waals surface area (Å²) in [6, 6.07) is 23.3. The maximum atomic E-state index is 12.6. The molecular weight excluding hydrogens is 448 g/mol. The van der Waals surface area contributed by atoms with Crippen LogP contribution >= 0.6 is 27.5 Å². The van der Waals surface area contributed by atoms with Crippen LogP contribution in [0.15, 0.2) is 88.2 Å². The summed E-state index contributed by atoms with van der Waals surface area (Å²) in [7, 11) is -3.64. The van der Waals surface area contributed by atoms with Crippen molar-refractivity contribution in [2.75, 3.05) is 11.9 Å². The molecule has 0 saturated heterocycles. The number of hydrogen-bond donors (Lipinski definition) is 2. The van der Waals surface area contributed by atoms with Crippen LogP contribution in [0.25, 0.3) is 0 Å². The Morgan fingerprint density at radius 2 is 1.52 bits per heavy atom. The van der Waals surface area contributed by atoms with Crippen molar-refractivity contribution in [1.29, 1.82) is 0 Å². The van der Waals surface area contributed by atoms with Crippen molar-refractivity contribution >= 4 is 43.2 Å². The summed E-state index contributed by atoms with van der Waals surface area (Å²) in [5.41, 5.74) is 1.86. The molecule has 2 N–H and O–H groups in total. The Kier molecular flexibility index (Phi) is 6.55. The molecule has 140 valence electrons. The van der Waals surface area contributed by atoms with Gasteiger partial charge >= 0.3 is 0 Å². The van der Waals surface area contributed by atoms with Crippen molar-refractivity contribution in [2.45, 2.75) is 10.9 Å². The predicted octanol–water partition coefficient (Wildman–Crippen LogP) is 5.23. The highest BCUT2D eigenvalue weighted by Crippen LogP contribution is 2.26. The molecule has 3 aromatic rings. The van der Waals surface area contributed by atoms with Crippen LogP contribution in [0, 0.1) is 0 Å². The first-order valence-corrected chi connectivity index (χ1v) is 10.9. The molecule has 0 amide bonds. The third-order valence-corrected chi connectivity index (χ3v) is 6.39. The topological polar surface area (TPSA) is 58.2 Å². The third kappa shape index (κ3) is 5.32. The fourth-order valence-corrected chi connectivity index (χ4v) is 4.17. The molecule has 3 rings (SSSR count). The molecule has 0 fully saturated rings. The average molecular weight is 466 g/mol. The number of para-hydroxylation sites is 1. The molecular formula is C20H18BrClN2O2S. The van der Waals surface area contributed by atoms with Crippen molar-refractivity contribution in [3.05, 3.63) is 93.9 Å². The third-order valence-electron chi connectivity index (χ3n) is 4.01. The van der Waals surface area contributed by atoms with Crippen LogP contribution in [0.1, 0.15) is 11.6 Å². The quantitative estimate of drug-likeness (QED) is 0.502. The average Bonchev–Trinajstić information content (AvgIpc) is 2.67. The van der Waals surface area contributed by atoms with Gasteiger partial charge < -0.3 is 5.32 Å². The number of nitrogens with one attached hydrogen (secondary N) is 2. The van der Waals surface area contributed by atoms with Crippen LogP contribution in [-0.2, 0) is 10.0 Å². The van der Waals surface area contributed by atoms with Crippen molar-refractivity contribution in [2.24, 2.45) is 0 Å². The van der Waals surface area contributed by atoms with E-state index in [2.05, 4.69) is 26.0 Å². The Bertz CT molecular complexity index is 996. The van der Waals surface area contributed by atoms with Crippen LogP contribution in [-0.4, -0.2) is 15.0 Å². The van der Waals surface area contributed by atoms with E-state index in [4.69, 9.17) is 11.6 Å². The van der Waals surface area contributed by atoms with Gasteiger partial charge in [0.15, 0.2) is 0 Å². The molecule has 0 bridgehead atoms. The molecule has 4 nitrogen and oxygen atoms in total. The number of anilines is 1. The minimum atomic E-state index is -3.64. The van der Waals surface area contributed by atoms with Crippen molar-refractivity contribution < 1.29 is 8.42 Å². The van der Waals surface area contributed by atoms with Gasteiger partial charge in [-0.2, -0.15) is 0 Å². The van der Waals surface area contributed by atoms with Crippen molar-refractivity contribution in [1.82, 2.24) is 4.72 Å². The first-order chi connectivity index (χ1) is 13.0. The first kappa shape index (κ1) is 19.9. The molecule has 0 aliphatic rings. The van der Waals surface area contributed by atoms with Crippen LogP contribution < -0.4 is 10.0 Å². The molecule has 1 unspecified atom stereocenters. The van der Waals surface area contributed by atoms with Crippen LogP contribution in [0.3, 0.4) is 0 Å². The Morgan fingerprint density at radius 1 is 0.889 bits per heavy atom. The van der Waals surface area contributed by atoms with E-state index in [9.17, 15) is 8.42 Å². The van der Waals surface area contributed by atoms with E-state index < -0.39 is 10.0 Å². The van der Waals surface area contributed by atoms with E-state index in [1.807, 2.05) is 54.6 Å². The fourth-order valence-electron chi connectivity index (χ4n) is 2.59. The molecule has 0 aliphatic heterocycles. The number of hydrogen-bond acceptors (Lipinski definition) is 3. The molecule has 0 saturated carbocycles. The van der Waals surface area contributed by atoms with E-state index in [1.54, 1.807) is 12.1 Å². The Labute approximate surface area is 172 Å². The van der Waals surface area contributed by atoms with Gasteiger partial charge in [-0.1, -0.05) is 54.1 Å². The summed E-state index contributed by atoms with van der Waals surface area (Å²) < 4.78 is 28.8. The minimum absolute atomic E-state index is 0.180. The van der Waals surface area contributed by atoms with Gasteiger partial charge in [-0.3, -0.25) is 0 Å². The zero-order valence-electron chi connectivity index (χ0n) is 14.3. The summed E-state index contributed by atoms with van der Waals surface area (Å²) >= 11 is 9.36. The normalized spacial score (nSPS) is 12.5. The molecule has 3 aromatic carbocycles. The Morgan fingerprint density at radius 3 is 2.19 bits per heavy atom. The summed E-state index contributed by atoms with van der Waals surface area (Å²) in [6.45, 7) is 0.191. The second kappa shape index (κ2) is 8.89. The number of sulfonamides is 1. The van der Waals surface area contributed by atoms with E-state index in [0.29, 0.717) is 5.02 Å². The molecule has 0 aliphatic carbocycles. The highest BCUT2D eigenvalue weighted by atomic mass is 79.9. The lowest BCUT2D eigenvalue weighted by Crippen LogP contribution is -2.31. The number of halogens is 2.